The Bertz CT molecular complexity index is 354. The summed E-state index contributed by atoms with van der Waals surface area (Å²) in [5.41, 5.74) is 0. The number of hydrogen-bond donors (Lipinski definition) is 0. The second-order valence-electron chi connectivity index (χ2n) is 6.53. The summed E-state index contributed by atoms with van der Waals surface area (Å²) in [5, 5.41) is 0.275. The minimum Gasteiger partial charge on any atom is -0.613 e. The third kappa shape index (κ3) is 6.67. The van der Waals surface area contributed by atoms with Crippen LogP contribution in [0.15, 0.2) is 0 Å². The molecule has 25 heavy (non-hydrogen) atoms. The van der Waals surface area contributed by atoms with Gasteiger partial charge in [0.05, 0.1) is 6.61 Å². The quantitative estimate of drug-likeness (QED) is 0.382. The van der Waals surface area contributed by atoms with Gasteiger partial charge in [-0.1, -0.05) is 18.2 Å². The van der Waals surface area contributed by atoms with Gasteiger partial charge in [0.25, 0.3) is 4.77 Å². The van der Waals surface area contributed by atoms with E-state index < -0.39 is 20.0 Å². The molecule has 8 heteroatoms. The monoisotopic (exact) mass is 410 g/mol. The van der Waals surface area contributed by atoms with Gasteiger partial charge in [0, 0.05) is 31.6 Å². The molecule has 4 atom stereocenters. The van der Waals surface area contributed by atoms with E-state index in [1.165, 1.54) is 6.42 Å². The number of hydrogen-bond acceptors (Lipinski definition) is 6. The van der Waals surface area contributed by atoms with E-state index in [9.17, 15) is 4.55 Å². The maximum atomic E-state index is 12.8. The predicted molar refractivity (Wildman–Crippen MR) is 106 cm³/mol. The maximum Gasteiger partial charge on any atom is 0.500 e. The highest BCUT2D eigenvalue weighted by molar-refractivity contribution is 8.13. The van der Waals surface area contributed by atoms with Gasteiger partial charge in [-0.25, -0.2) is 0 Å². The Labute approximate surface area is 161 Å². The van der Waals surface area contributed by atoms with Gasteiger partial charge < -0.3 is 22.6 Å². The lowest BCUT2D eigenvalue weighted by atomic mass is 9.87. The Hall–Kier alpha value is 0.717. The number of ether oxygens (including phenoxy) is 1. The molecule has 5 nitrogen and oxygen atoms in total. The predicted octanol–water partition coefficient (Wildman–Crippen LogP) is 3.78. The summed E-state index contributed by atoms with van der Waals surface area (Å²) < 4.78 is 36.2. The summed E-state index contributed by atoms with van der Waals surface area (Å²) in [6.45, 7) is 8.61. The highest BCUT2D eigenvalue weighted by atomic mass is 32.3. The van der Waals surface area contributed by atoms with Crippen molar-refractivity contribution >= 4 is 31.7 Å². The van der Waals surface area contributed by atoms with Gasteiger partial charge in [-0.2, -0.15) is 0 Å². The van der Waals surface area contributed by atoms with E-state index in [4.69, 9.17) is 18.0 Å². The van der Waals surface area contributed by atoms with Crippen molar-refractivity contribution in [2.24, 2.45) is 5.92 Å². The minimum absolute atomic E-state index is 0.104. The van der Waals surface area contributed by atoms with Crippen LogP contribution in [-0.2, 0) is 29.2 Å². The van der Waals surface area contributed by atoms with Crippen LogP contribution >= 0.6 is 11.8 Å². The van der Waals surface area contributed by atoms with Crippen LogP contribution in [0.2, 0.25) is 6.04 Å². The van der Waals surface area contributed by atoms with Gasteiger partial charge in [0.15, 0.2) is 0 Å². The molecule has 0 aromatic rings. The lowest BCUT2D eigenvalue weighted by molar-refractivity contribution is 0.0690. The fraction of sp³-hybridized carbons (Fsp3) is 1.00. The average molecular weight is 411 g/mol. The van der Waals surface area contributed by atoms with E-state index in [1.807, 2.05) is 20.8 Å². The maximum absolute atomic E-state index is 12.8. The molecule has 1 aliphatic carbocycles. The van der Waals surface area contributed by atoms with Gasteiger partial charge >= 0.3 is 8.80 Å². The van der Waals surface area contributed by atoms with Crippen molar-refractivity contribution in [2.45, 2.75) is 68.9 Å². The molecular formula is C17H34O5S2Si. The Kier molecular flexibility index (Phi) is 10.2. The van der Waals surface area contributed by atoms with E-state index in [0.29, 0.717) is 25.7 Å². The van der Waals surface area contributed by atoms with Crippen LogP contribution in [0.4, 0.5) is 0 Å². The second-order valence-corrected chi connectivity index (χ2v) is 12.5. The van der Waals surface area contributed by atoms with E-state index >= 15 is 0 Å². The second kappa shape index (κ2) is 11.5. The van der Waals surface area contributed by atoms with Gasteiger partial charge in [0.1, 0.15) is 5.25 Å². The Balaban J connectivity index is 1.87. The standard InChI is InChI=1S/C17H34O5S2Si/c1-4-20-25(21-5-2,22-6-3)13-10-15-8-7-9-16(14-15)24(18)17-19-11-12-23-17/h15-17H,4-14H2,1-3H3. The molecule has 0 N–H and O–H groups in total. The van der Waals surface area contributed by atoms with Crippen LogP contribution in [0.1, 0.15) is 52.9 Å². The average Bonchev–Trinajstić information content (AvgIpc) is 3.15. The fourth-order valence-electron chi connectivity index (χ4n) is 3.73. The van der Waals surface area contributed by atoms with Gasteiger partial charge in [-0.15, -0.1) is 0 Å². The molecule has 0 radical (unpaired) electrons. The topological polar surface area (TPSA) is 60.0 Å². The third-order valence-electron chi connectivity index (χ3n) is 4.80. The normalized spacial score (nSPS) is 29.0. The van der Waals surface area contributed by atoms with Crippen molar-refractivity contribution in [3.05, 3.63) is 0 Å². The molecule has 0 aromatic carbocycles. The van der Waals surface area contributed by atoms with E-state index in [1.54, 1.807) is 11.8 Å². The Morgan fingerprint density at radius 2 is 1.80 bits per heavy atom. The van der Waals surface area contributed by atoms with Crippen molar-refractivity contribution in [1.82, 2.24) is 0 Å². The molecule has 1 heterocycles. The summed E-state index contributed by atoms with van der Waals surface area (Å²) in [6, 6.07) is 0.862. The molecule has 1 saturated carbocycles. The molecule has 1 aliphatic heterocycles. The zero-order valence-electron chi connectivity index (χ0n) is 15.9. The molecule has 2 fully saturated rings. The third-order valence-corrected chi connectivity index (χ3v) is 11.3. The summed E-state index contributed by atoms with van der Waals surface area (Å²) in [6.07, 6.45) is 5.50. The van der Waals surface area contributed by atoms with Crippen molar-refractivity contribution < 1.29 is 22.6 Å². The summed E-state index contributed by atoms with van der Waals surface area (Å²) >= 11 is 0.828. The van der Waals surface area contributed by atoms with Gasteiger partial charge in [-0.3, -0.25) is 0 Å². The lowest BCUT2D eigenvalue weighted by Gasteiger charge is -2.34. The SMILES string of the molecule is CCO[Si](CCC1CCCC([S+]([O-])C2OCCS2)C1)(OCC)OCC. The van der Waals surface area contributed by atoms with Crippen LogP contribution < -0.4 is 0 Å². The Morgan fingerprint density at radius 1 is 1.12 bits per heavy atom. The smallest absolute Gasteiger partial charge is 0.500 e. The minimum atomic E-state index is -2.56. The van der Waals surface area contributed by atoms with Gasteiger partial charge in [-0.05, 0) is 63.5 Å². The molecule has 4 unspecified atom stereocenters. The molecule has 1 saturated heterocycles. The molecule has 148 valence electrons. The molecule has 2 aliphatic rings. The van der Waals surface area contributed by atoms with Crippen LogP contribution in [0, 0.1) is 5.92 Å². The van der Waals surface area contributed by atoms with E-state index in [-0.39, 0.29) is 10.0 Å². The highest BCUT2D eigenvalue weighted by Crippen LogP contribution is 2.38. The van der Waals surface area contributed by atoms with Crippen LogP contribution in [0.3, 0.4) is 0 Å². The zero-order valence-corrected chi connectivity index (χ0v) is 18.5. The van der Waals surface area contributed by atoms with Crippen LogP contribution in [-0.4, -0.2) is 55.6 Å². The van der Waals surface area contributed by atoms with E-state index in [2.05, 4.69) is 0 Å². The molecule has 0 bridgehead atoms. The molecular weight excluding hydrogens is 376 g/mol. The van der Waals surface area contributed by atoms with Crippen LogP contribution in [0.5, 0.6) is 0 Å². The molecule has 0 amide bonds. The molecule has 2 rings (SSSR count). The van der Waals surface area contributed by atoms with Crippen molar-refractivity contribution in [1.29, 1.82) is 0 Å². The van der Waals surface area contributed by atoms with Crippen molar-refractivity contribution in [3.63, 3.8) is 0 Å². The van der Waals surface area contributed by atoms with E-state index in [0.717, 1.165) is 44.1 Å². The van der Waals surface area contributed by atoms with Crippen molar-refractivity contribution in [3.8, 4) is 0 Å². The summed E-state index contributed by atoms with van der Waals surface area (Å²) in [4.78, 5) is 0. The molecule has 0 spiro atoms. The highest BCUT2D eigenvalue weighted by Gasteiger charge is 2.42. The van der Waals surface area contributed by atoms with Crippen LogP contribution in [0.25, 0.3) is 0 Å². The largest absolute Gasteiger partial charge is 0.613 e. The Morgan fingerprint density at radius 3 is 2.36 bits per heavy atom. The zero-order chi connectivity index (χ0) is 18.1. The summed E-state index contributed by atoms with van der Waals surface area (Å²) in [7, 11) is -2.56. The summed E-state index contributed by atoms with van der Waals surface area (Å²) in [5.74, 6) is 1.56. The first-order valence-electron chi connectivity index (χ1n) is 9.68. The molecule has 0 aromatic heterocycles. The first-order valence-corrected chi connectivity index (χ1v) is 13.9. The fourth-order valence-corrected chi connectivity index (χ4v) is 9.77. The first kappa shape index (κ1) is 22.0. The van der Waals surface area contributed by atoms with Gasteiger partial charge in [0.2, 0.25) is 0 Å². The first-order chi connectivity index (χ1) is 12.1. The lowest BCUT2D eigenvalue weighted by Crippen LogP contribution is -2.46. The number of rotatable bonds is 11. The number of thioether (sulfide) groups is 1. The van der Waals surface area contributed by atoms with Crippen molar-refractivity contribution in [2.75, 3.05) is 32.2 Å².